The molecule has 0 atom stereocenters. The summed E-state index contributed by atoms with van der Waals surface area (Å²) in [6, 6.07) is 3.95. The minimum atomic E-state index is 0.418. The van der Waals surface area contributed by atoms with E-state index in [-0.39, 0.29) is 0 Å². The van der Waals surface area contributed by atoms with Crippen LogP contribution in [0, 0.1) is 6.92 Å². The Bertz CT molecular complexity index is 307. The van der Waals surface area contributed by atoms with E-state index in [2.05, 4.69) is 13.0 Å². The quantitative estimate of drug-likeness (QED) is 0.769. The molecule has 3 N–H and O–H groups in total. The molecule has 1 aromatic carbocycles. The average Bonchev–Trinajstić information content (AvgIpc) is 2.17. The first-order chi connectivity index (χ1) is 6.69. The average molecular weight is 193 g/mol. The van der Waals surface area contributed by atoms with Crippen LogP contribution in [-0.2, 0) is 12.8 Å². The summed E-state index contributed by atoms with van der Waals surface area (Å²) in [6.45, 7) is 4.81. The van der Waals surface area contributed by atoms with Gasteiger partial charge in [-0.05, 0) is 55.5 Å². The van der Waals surface area contributed by atoms with Crippen LogP contribution in [-0.4, -0.2) is 11.7 Å². The summed E-state index contributed by atoms with van der Waals surface area (Å²) < 4.78 is 0. The van der Waals surface area contributed by atoms with Gasteiger partial charge in [-0.25, -0.2) is 0 Å². The lowest BCUT2D eigenvalue weighted by Crippen LogP contribution is -2.02. The van der Waals surface area contributed by atoms with Crippen molar-refractivity contribution in [2.24, 2.45) is 5.73 Å². The van der Waals surface area contributed by atoms with Gasteiger partial charge in [0.25, 0.3) is 0 Å². The van der Waals surface area contributed by atoms with Gasteiger partial charge in [0.2, 0.25) is 0 Å². The van der Waals surface area contributed by atoms with Crippen molar-refractivity contribution in [3.8, 4) is 5.75 Å². The number of aromatic hydroxyl groups is 1. The normalized spacial score (nSPS) is 10.5. The molecule has 2 nitrogen and oxygen atoms in total. The van der Waals surface area contributed by atoms with Crippen molar-refractivity contribution in [3.63, 3.8) is 0 Å². The van der Waals surface area contributed by atoms with Crippen molar-refractivity contribution < 1.29 is 5.11 Å². The molecule has 0 spiro atoms. The molecule has 0 saturated carbocycles. The fourth-order valence-electron chi connectivity index (χ4n) is 1.63. The van der Waals surface area contributed by atoms with Crippen LogP contribution in [0.4, 0.5) is 0 Å². The molecule has 1 aromatic rings. The van der Waals surface area contributed by atoms with Gasteiger partial charge in [-0.3, -0.25) is 0 Å². The van der Waals surface area contributed by atoms with E-state index in [9.17, 15) is 5.11 Å². The summed E-state index contributed by atoms with van der Waals surface area (Å²) in [5.41, 5.74) is 8.98. The number of phenols is 1. The molecule has 2 heteroatoms. The van der Waals surface area contributed by atoms with Crippen molar-refractivity contribution >= 4 is 0 Å². The predicted octanol–water partition coefficient (Wildman–Crippen LogP) is 2.15. The number of hydrogen-bond donors (Lipinski definition) is 2. The van der Waals surface area contributed by atoms with Gasteiger partial charge >= 0.3 is 0 Å². The third-order valence-corrected chi connectivity index (χ3v) is 2.57. The van der Waals surface area contributed by atoms with Crippen LogP contribution in [0.5, 0.6) is 5.75 Å². The highest BCUT2D eigenvalue weighted by atomic mass is 16.3. The molecular weight excluding hydrogens is 174 g/mol. The summed E-state index contributed by atoms with van der Waals surface area (Å²) in [6.07, 6.45) is 2.89. The zero-order valence-electron chi connectivity index (χ0n) is 9.01. The number of phenolic OH excluding ortho intramolecular Hbond substituents is 1. The van der Waals surface area contributed by atoms with Gasteiger partial charge in [0.15, 0.2) is 0 Å². The molecule has 78 valence electrons. The maximum atomic E-state index is 9.62. The molecule has 14 heavy (non-hydrogen) atoms. The van der Waals surface area contributed by atoms with Crippen LogP contribution in [0.15, 0.2) is 12.1 Å². The predicted molar refractivity (Wildman–Crippen MR) is 59.6 cm³/mol. The molecule has 0 saturated heterocycles. The van der Waals surface area contributed by atoms with Gasteiger partial charge in [-0.2, -0.15) is 0 Å². The third-order valence-electron chi connectivity index (χ3n) is 2.57. The number of benzene rings is 1. The largest absolute Gasteiger partial charge is 0.508 e. The summed E-state index contributed by atoms with van der Waals surface area (Å²) in [4.78, 5) is 0. The molecule has 1 rings (SSSR count). The van der Waals surface area contributed by atoms with Gasteiger partial charge in [-0.15, -0.1) is 0 Å². The van der Waals surface area contributed by atoms with Crippen molar-refractivity contribution in [2.45, 2.75) is 33.1 Å². The first-order valence-electron chi connectivity index (χ1n) is 5.20. The molecule has 0 bridgehead atoms. The first-order valence-corrected chi connectivity index (χ1v) is 5.20. The third kappa shape index (κ3) is 2.48. The van der Waals surface area contributed by atoms with Crippen LogP contribution in [0.1, 0.15) is 30.0 Å². The Balaban J connectivity index is 2.92. The Labute approximate surface area is 85.8 Å². The van der Waals surface area contributed by atoms with Crippen molar-refractivity contribution in [2.75, 3.05) is 6.54 Å². The van der Waals surface area contributed by atoms with Gasteiger partial charge in [0.1, 0.15) is 5.75 Å². The molecule has 0 aliphatic heterocycles. The Kier molecular flexibility index (Phi) is 3.96. The Morgan fingerprint density at radius 3 is 2.57 bits per heavy atom. The fraction of sp³-hybridized carbons (Fsp3) is 0.500. The topological polar surface area (TPSA) is 46.2 Å². The van der Waals surface area contributed by atoms with E-state index in [0.717, 1.165) is 36.9 Å². The maximum Gasteiger partial charge on any atom is 0.119 e. The van der Waals surface area contributed by atoms with Crippen LogP contribution >= 0.6 is 0 Å². The monoisotopic (exact) mass is 193 g/mol. The molecule has 0 radical (unpaired) electrons. The lowest BCUT2D eigenvalue weighted by Gasteiger charge is -2.09. The minimum Gasteiger partial charge on any atom is -0.508 e. The van der Waals surface area contributed by atoms with E-state index >= 15 is 0 Å². The second-order valence-corrected chi connectivity index (χ2v) is 3.65. The van der Waals surface area contributed by atoms with E-state index in [1.165, 1.54) is 5.56 Å². The highest BCUT2D eigenvalue weighted by Crippen LogP contribution is 2.23. The summed E-state index contributed by atoms with van der Waals surface area (Å²) in [5, 5.41) is 9.62. The van der Waals surface area contributed by atoms with Crippen LogP contribution in [0.3, 0.4) is 0 Å². The van der Waals surface area contributed by atoms with E-state index in [1.54, 1.807) is 0 Å². The molecule has 0 fully saturated rings. The van der Waals surface area contributed by atoms with Crippen LogP contribution < -0.4 is 5.73 Å². The highest BCUT2D eigenvalue weighted by Gasteiger charge is 2.04. The first kappa shape index (κ1) is 11.1. The zero-order valence-corrected chi connectivity index (χ0v) is 9.01. The second-order valence-electron chi connectivity index (χ2n) is 3.65. The smallest absolute Gasteiger partial charge is 0.119 e. The van der Waals surface area contributed by atoms with Gasteiger partial charge in [0, 0.05) is 0 Å². The Morgan fingerprint density at radius 1 is 1.29 bits per heavy atom. The summed E-state index contributed by atoms with van der Waals surface area (Å²) in [5.74, 6) is 0.418. The van der Waals surface area contributed by atoms with Crippen LogP contribution in [0.2, 0.25) is 0 Å². The number of nitrogens with two attached hydrogens (primary N) is 1. The lowest BCUT2D eigenvalue weighted by molar-refractivity contribution is 0.468. The van der Waals surface area contributed by atoms with Crippen molar-refractivity contribution in [1.82, 2.24) is 0 Å². The van der Waals surface area contributed by atoms with E-state index < -0.39 is 0 Å². The van der Waals surface area contributed by atoms with Gasteiger partial charge < -0.3 is 10.8 Å². The highest BCUT2D eigenvalue weighted by molar-refractivity contribution is 5.41. The van der Waals surface area contributed by atoms with Crippen LogP contribution in [0.25, 0.3) is 0 Å². The number of rotatable bonds is 4. The fourth-order valence-corrected chi connectivity index (χ4v) is 1.63. The minimum absolute atomic E-state index is 0.418. The summed E-state index contributed by atoms with van der Waals surface area (Å²) >= 11 is 0. The molecule has 0 heterocycles. The zero-order chi connectivity index (χ0) is 10.6. The van der Waals surface area contributed by atoms with Gasteiger partial charge in [-0.1, -0.05) is 13.0 Å². The van der Waals surface area contributed by atoms with E-state index in [0.29, 0.717) is 5.75 Å². The summed E-state index contributed by atoms with van der Waals surface area (Å²) in [7, 11) is 0. The van der Waals surface area contributed by atoms with E-state index in [4.69, 9.17) is 5.73 Å². The Hall–Kier alpha value is -1.02. The molecule has 0 unspecified atom stereocenters. The SMILES string of the molecule is CCc1cc(CCCN)c(C)cc1O. The van der Waals surface area contributed by atoms with Crippen molar-refractivity contribution in [3.05, 3.63) is 28.8 Å². The number of aryl methyl sites for hydroxylation is 3. The molecule has 0 amide bonds. The van der Waals surface area contributed by atoms with E-state index in [1.807, 2.05) is 13.0 Å². The Morgan fingerprint density at radius 2 is 2.00 bits per heavy atom. The molecule has 0 aliphatic rings. The maximum absolute atomic E-state index is 9.62. The van der Waals surface area contributed by atoms with Gasteiger partial charge in [0.05, 0.1) is 0 Å². The van der Waals surface area contributed by atoms with Crippen molar-refractivity contribution in [1.29, 1.82) is 0 Å². The lowest BCUT2D eigenvalue weighted by atomic mass is 9.99. The molecular formula is C12H19NO. The second kappa shape index (κ2) is 5.01. The number of hydrogen-bond acceptors (Lipinski definition) is 2. The molecule has 0 aromatic heterocycles. The molecule has 0 aliphatic carbocycles. The standard InChI is InChI=1S/C12H19NO/c1-3-10-8-11(5-4-6-13)9(2)7-12(10)14/h7-8,14H,3-6,13H2,1-2H3.